The zero-order valence-corrected chi connectivity index (χ0v) is 8.83. The highest BCUT2D eigenvalue weighted by Crippen LogP contribution is 2.20. The highest BCUT2D eigenvalue weighted by molar-refractivity contribution is 5.60. The Balaban J connectivity index is 2.12. The van der Waals surface area contributed by atoms with Gasteiger partial charge in [0.1, 0.15) is 6.10 Å². The van der Waals surface area contributed by atoms with Gasteiger partial charge in [0, 0.05) is 0 Å². The minimum absolute atomic E-state index is 0.0800. The van der Waals surface area contributed by atoms with Crippen molar-refractivity contribution in [1.29, 1.82) is 0 Å². The Bertz CT molecular complexity index is 171. The summed E-state index contributed by atoms with van der Waals surface area (Å²) in [4.78, 5) is 11.1. The summed E-state index contributed by atoms with van der Waals surface area (Å²) in [6.07, 6.45) is 5.08. The number of ether oxygens (including phenoxy) is 2. The molecule has 0 bridgehead atoms. The first-order valence-electron chi connectivity index (χ1n) is 5.35. The number of hydrogen-bond acceptors (Lipinski definition) is 3. The van der Waals surface area contributed by atoms with E-state index >= 15 is 0 Å². The average Bonchev–Trinajstić information content (AvgIpc) is 2.16. The third-order valence-electron chi connectivity index (χ3n) is 2.30. The van der Waals surface area contributed by atoms with Gasteiger partial charge in [-0.25, -0.2) is 4.79 Å². The molecule has 0 aromatic rings. The molecule has 1 rings (SSSR count). The summed E-state index contributed by atoms with van der Waals surface area (Å²) < 4.78 is 10.0. The van der Waals surface area contributed by atoms with E-state index in [1.165, 1.54) is 6.42 Å². The third kappa shape index (κ3) is 4.49. The molecule has 3 heteroatoms. The quantitative estimate of drug-likeness (QED) is 0.655. The Morgan fingerprint density at radius 1 is 1.43 bits per heavy atom. The lowest BCUT2D eigenvalue weighted by atomic mass is 9.98. The largest absolute Gasteiger partial charge is 0.508 e. The second kappa shape index (κ2) is 5.89. The monoisotopic (exact) mass is 199 g/mol. The van der Waals surface area contributed by atoms with Gasteiger partial charge in [-0.1, -0.05) is 13.3 Å². The van der Waals surface area contributed by atoms with Gasteiger partial charge in [0.15, 0.2) is 0 Å². The maximum Gasteiger partial charge on any atom is 0.508 e. The van der Waals surface area contributed by atoms with E-state index in [9.17, 15) is 4.79 Å². The van der Waals surface area contributed by atoms with Crippen molar-refractivity contribution in [1.82, 2.24) is 0 Å². The van der Waals surface area contributed by atoms with Gasteiger partial charge in [-0.2, -0.15) is 0 Å². The summed E-state index contributed by atoms with van der Waals surface area (Å²) in [5.74, 6) is 0.119. The lowest BCUT2D eigenvalue weighted by Crippen LogP contribution is -2.22. The SMILES string of the molecule is [CH2]C(C)COC(=O)OC1CCCCC1. The second-order valence-corrected chi connectivity index (χ2v) is 4.04. The van der Waals surface area contributed by atoms with Crippen LogP contribution in [0.25, 0.3) is 0 Å². The minimum Gasteiger partial charge on any atom is -0.434 e. The molecule has 0 aliphatic heterocycles. The van der Waals surface area contributed by atoms with Crippen LogP contribution in [-0.4, -0.2) is 18.9 Å². The molecule has 3 nitrogen and oxygen atoms in total. The molecule has 1 atom stereocenters. The van der Waals surface area contributed by atoms with Crippen LogP contribution in [0.5, 0.6) is 0 Å². The predicted octanol–water partition coefficient (Wildman–Crippen LogP) is 2.94. The van der Waals surface area contributed by atoms with Gasteiger partial charge < -0.3 is 9.47 Å². The van der Waals surface area contributed by atoms with E-state index in [2.05, 4.69) is 6.92 Å². The first kappa shape index (κ1) is 11.3. The van der Waals surface area contributed by atoms with Crippen molar-refractivity contribution >= 4 is 6.16 Å². The number of hydrogen-bond donors (Lipinski definition) is 0. The molecule has 81 valence electrons. The summed E-state index contributed by atoms with van der Waals surface area (Å²) in [6, 6.07) is 0. The van der Waals surface area contributed by atoms with E-state index in [-0.39, 0.29) is 12.0 Å². The van der Waals surface area contributed by atoms with Crippen molar-refractivity contribution in [2.75, 3.05) is 6.61 Å². The molecule has 1 aliphatic rings. The predicted molar refractivity (Wildman–Crippen MR) is 53.8 cm³/mol. The molecule has 0 saturated heterocycles. The smallest absolute Gasteiger partial charge is 0.434 e. The van der Waals surface area contributed by atoms with Crippen molar-refractivity contribution in [3.8, 4) is 0 Å². The fourth-order valence-electron chi connectivity index (χ4n) is 1.56. The van der Waals surface area contributed by atoms with Crippen molar-refractivity contribution < 1.29 is 14.3 Å². The average molecular weight is 199 g/mol. The van der Waals surface area contributed by atoms with Crippen LogP contribution in [0.4, 0.5) is 4.79 Å². The third-order valence-corrected chi connectivity index (χ3v) is 2.30. The molecule has 1 fully saturated rings. The van der Waals surface area contributed by atoms with Gasteiger partial charge in [-0.15, -0.1) is 0 Å². The highest BCUT2D eigenvalue weighted by atomic mass is 16.7. The van der Waals surface area contributed by atoms with Gasteiger partial charge in [0.05, 0.1) is 6.61 Å². The first-order valence-corrected chi connectivity index (χ1v) is 5.35. The zero-order chi connectivity index (χ0) is 10.4. The van der Waals surface area contributed by atoms with Crippen molar-refractivity contribution in [2.24, 2.45) is 5.92 Å². The number of carbonyl (C=O) groups is 1. The van der Waals surface area contributed by atoms with Gasteiger partial charge in [0.2, 0.25) is 0 Å². The molecule has 0 heterocycles. The molecule has 1 aliphatic carbocycles. The molecule has 0 aromatic carbocycles. The van der Waals surface area contributed by atoms with E-state index in [0.29, 0.717) is 6.61 Å². The van der Waals surface area contributed by atoms with Gasteiger partial charge in [-0.05, 0) is 38.5 Å². The fourth-order valence-corrected chi connectivity index (χ4v) is 1.56. The maximum absolute atomic E-state index is 11.1. The topological polar surface area (TPSA) is 35.5 Å². The summed E-state index contributed by atoms with van der Waals surface area (Å²) >= 11 is 0. The zero-order valence-electron chi connectivity index (χ0n) is 8.83. The van der Waals surface area contributed by atoms with Gasteiger partial charge in [-0.3, -0.25) is 0 Å². The van der Waals surface area contributed by atoms with Crippen LogP contribution in [0.1, 0.15) is 39.0 Å². The molecule has 0 amide bonds. The number of carbonyl (C=O) groups excluding carboxylic acids is 1. The number of rotatable bonds is 3. The van der Waals surface area contributed by atoms with Crippen LogP contribution < -0.4 is 0 Å². The fraction of sp³-hybridized carbons (Fsp3) is 0.818. The first-order chi connectivity index (χ1) is 6.68. The van der Waals surface area contributed by atoms with Crippen LogP contribution in [0.15, 0.2) is 0 Å². The van der Waals surface area contributed by atoms with Crippen molar-refractivity contribution in [3.05, 3.63) is 6.92 Å². The summed E-state index contributed by atoms with van der Waals surface area (Å²) in [5.41, 5.74) is 0. The van der Waals surface area contributed by atoms with Crippen molar-refractivity contribution in [2.45, 2.75) is 45.1 Å². The van der Waals surface area contributed by atoms with E-state index in [1.54, 1.807) is 0 Å². The molecule has 1 radical (unpaired) electrons. The van der Waals surface area contributed by atoms with Gasteiger partial charge in [0.25, 0.3) is 0 Å². The molecular weight excluding hydrogens is 180 g/mol. The minimum atomic E-state index is -0.535. The molecular formula is C11H19O3. The normalized spacial score (nSPS) is 18.2. The summed E-state index contributed by atoms with van der Waals surface area (Å²) in [7, 11) is 0. The van der Waals surface area contributed by atoms with E-state index in [1.807, 2.05) is 6.92 Å². The summed E-state index contributed by atoms with van der Waals surface area (Å²) in [5, 5.41) is 0. The Morgan fingerprint density at radius 3 is 2.64 bits per heavy atom. The molecule has 0 N–H and O–H groups in total. The van der Waals surface area contributed by atoms with E-state index in [0.717, 1.165) is 25.7 Å². The maximum atomic E-state index is 11.1. The lowest BCUT2D eigenvalue weighted by molar-refractivity contribution is 0.00762. The van der Waals surface area contributed by atoms with Crippen molar-refractivity contribution in [3.63, 3.8) is 0 Å². The molecule has 1 unspecified atom stereocenters. The van der Waals surface area contributed by atoms with E-state index in [4.69, 9.17) is 9.47 Å². The molecule has 1 saturated carbocycles. The Morgan fingerprint density at radius 2 is 2.07 bits per heavy atom. The molecule has 14 heavy (non-hydrogen) atoms. The highest BCUT2D eigenvalue weighted by Gasteiger charge is 2.18. The Kier molecular flexibility index (Phi) is 4.77. The van der Waals surface area contributed by atoms with Gasteiger partial charge >= 0.3 is 6.16 Å². The summed E-state index contributed by atoms with van der Waals surface area (Å²) in [6.45, 7) is 5.96. The van der Waals surface area contributed by atoms with E-state index < -0.39 is 6.16 Å². The standard InChI is InChI=1S/C11H19O3/c1-9(2)8-13-11(12)14-10-6-4-3-5-7-10/h9-10H,1,3-8H2,2H3. The Hall–Kier alpha value is -0.730. The Labute approximate surface area is 85.8 Å². The second-order valence-electron chi connectivity index (χ2n) is 4.04. The lowest BCUT2D eigenvalue weighted by Gasteiger charge is -2.21. The van der Waals surface area contributed by atoms with Crippen LogP contribution in [0.3, 0.4) is 0 Å². The van der Waals surface area contributed by atoms with Crippen LogP contribution >= 0.6 is 0 Å². The molecule has 0 aromatic heterocycles. The van der Waals surface area contributed by atoms with Crippen LogP contribution in [0, 0.1) is 12.8 Å². The van der Waals surface area contributed by atoms with Crippen LogP contribution in [0.2, 0.25) is 0 Å². The molecule has 0 spiro atoms. The van der Waals surface area contributed by atoms with Crippen LogP contribution in [-0.2, 0) is 9.47 Å².